The van der Waals surface area contributed by atoms with Crippen LogP contribution in [0.15, 0.2) is 42.5 Å². The second-order valence-electron chi connectivity index (χ2n) is 4.77. The smallest absolute Gasteiger partial charge is 0.323 e. The monoisotopic (exact) mass is 284 g/mol. The molecule has 0 aliphatic carbocycles. The molecule has 0 unspecified atom stereocenters. The second kappa shape index (κ2) is 6.79. The minimum Gasteiger partial charge on any atom is -0.497 e. The molecule has 4 nitrogen and oxygen atoms in total. The molecule has 2 aromatic rings. The Balaban J connectivity index is 2.11. The molecule has 0 atom stereocenters. The van der Waals surface area contributed by atoms with Crippen LogP contribution < -0.4 is 15.4 Å². The van der Waals surface area contributed by atoms with Crippen LogP contribution in [0.2, 0.25) is 0 Å². The molecule has 0 heterocycles. The number of ether oxygens (including phenoxy) is 1. The summed E-state index contributed by atoms with van der Waals surface area (Å²) in [7, 11) is 1.60. The van der Waals surface area contributed by atoms with Crippen LogP contribution in [0.4, 0.5) is 16.2 Å². The largest absolute Gasteiger partial charge is 0.497 e. The Bertz CT molecular complexity index is 638. The van der Waals surface area contributed by atoms with E-state index < -0.39 is 0 Å². The Hall–Kier alpha value is -2.49. The number of methoxy groups -OCH3 is 1. The third-order valence-electron chi connectivity index (χ3n) is 3.31. The van der Waals surface area contributed by atoms with Gasteiger partial charge in [-0.2, -0.15) is 0 Å². The fourth-order valence-electron chi connectivity index (χ4n) is 2.18. The van der Waals surface area contributed by atoms with Crippen molar-refractivity contribution in [2.24, 2.45) is 0 Å². The molecule has 2 aromatic carbocycles. The molecule has 0 spiro atoms. The highest BCUT2D eigenvalue weighted by Gasteiger charge is 2.08. The Morgan fingerprint density at radius 3 is 2.62 bits per heavy atom. The van der Waals surface area contributed by atoms with Crippen molar-refractivity contribution in [1.82, 2.24) is 0 Å². The predicted molar refractivity (Wildman–Crippen MR) is 86.2 cm³/mol. The van der Waals surface area contributed by atoms with Gasteiger partial charge in [-0.1, -0.05) is 31.2 Å². The Morgan fingerprint density at radius 2 is 1.90 bits per heavy atom. The highest BCUT2D eigenvalue weighted by atomic mass is 16.5. The zero-order valence-electron chi connectivity index (χ0n) is 12.6. The Morgan fingerprint density at radius 1 is 1.14 bits per heavy atom. The number of nitrogens with one attached hydrogen (secondary N) is 2. The molecule has 0 aliphatic heterocycles. The summed E-state index contributed by atoms with van der Waals surface area (Å²) in [5.41, 5.74) is 3.74. The van der Waals surface area contributed by atoms with Gasteiger partial charge < -0.3 is 15.4 Å². The zero-order valence-corrected chi connectivity index (χ0v) is 12.6. The second-order valence-corrected chi connectivity index (χ2v) is 4.77. The molecule has 0 bridgehead atoms. The van der Waals surface area contributed by atoms with Gasteiger partial charge >= 0.3 is 6.03 Å². The number of carbonyl (C=O) groups excluding carboxylic acids is 1. The lowest BCUT2D eigenvalue weighted by Crippen LogP contribution is -2.20. The molecule has 0 fully saturated rings. The van der Waals surface area contributed by atoms with Crippen LogP contribution in [0, 0.1) is 6.92 Å². The van der Waals surface area contributed by atoms with E-state index in [-0.39, 0.29) is 6.03 Å². The minimum atomic E-state index is -0.257. The van der Waals surface area contributed by atoms with Crippen molar-refractivity contribution < 1.29 is 9.53 Å². The van der Waals surface area contributed by atoms with Gasteiger partial charge in [0.05, 0.1) is 7.11 Å². The van der Waals surface area contributed by atoms with E-state index in [0.717, 1.165) is 23.2 Å². The first-order chi connectivity index (χ1) is 10.1. The summed E-state index contributed by atoms with van der Waals surface area (Å²) >= 11 is 0. The summed E-state index contributed by atoms with van der Waals surface area (Å²) in [6, 6.07) is 13.0. The number of hydrogen-bond donors (Lipinski definition) is 2. The van der Waals surface area contributed by atoms with Gasteiger partial charge in [0, 0.05) is 17.4 Å². The van der Waals surface area contributed by atoms with Gasteiger partial charge in [-0.3, -0.25) is 0 Å². The van der Waals surface area contributed by atoms with Crippen molar-refractivity contribution in [2.75, 3.05) is 17.7 Å². The molecular formula is C17H20N2O2. The number of hydrogen-bond acceptors (Lipinski definition) is 2. The molecule has 0 aliphatic rings. The van der Waals surface area contributed by atoms with Crippen LogP contribution in [0.5, 0.6) is 5.75 Å². The van der Waals surface area contributed by atoms with Crippen molar-refractivity contribution in [3.63, 3.8) is 0 Å². The maximum absolute atomic E-state index is 12.1. The van der Waals surface area contributed by atoms with E-state index in [1.807, 2.05) is 43.3 Å². The van der Waals surface area contributed by atoms with E-state index in [2.05, 4.69) is 17.6 Å². The van der Waals surface area contributed by atoms with Crippen molar-refractivity contribution in [3.8, 4) is 5.75 Å². The van der Waals surface area contributed by atoms with Crippen LogP contribution in [-0.4, -0.2) is 13.1 Å². The van der Waals surface area contributed by atoms with Gasteiger partial charge in [0.15, 0.2) is 0 Å². The predicted octanol–water partition coefficient (Wildman–Crippen LogP) is 4.21. The molecule has 0 radical (unpaired) electrons. The normalized spacial score (nSPS) is 10.0. The molecule has 2 rings (SSSR count). The van der Waals surface area contributed by atoms with Crippen molar-refractivity contribution in [3.05, 3.63) is 53.6 Å². The SMILES string of the molecule is CCc1cccc(C)c1NC(=O)Nc1cccc(OC)c1. The molecule has 0 saturated carbocycles. The van der Waals surface area contributed by atoms with Gasteiger partial charge in [0.1, 0.15) is 5.75 Å². The van der Waals surface area contributed by atoms with Gasteiger partial charge in [-0.15, -0.1) is 0 Å². The molecule has 4 heteroatoms. The number of aryl methyl sites for hydroxylation is 2. The summed E-state index contributed by atoms with van der Waals surface area (Å²) in [5, 5.41) is 5.74. The van der Waals surface area contributed by atoms with Crippen molar-refractivity contribution in [1.29, 1.82) is 0 Å². The van der Waals surface area contributed by atoms with Gasteiger partial charge in [-0.25, -0.2) is 4.79 Å². The quantitative estimate of drug-likeness (QED) is 0.883. The summed E-state index contributed by atoms with van der Waals surface area (Å²) < 4.78 is 5.14. The van der Waals surface area contributed by atoms with Gasteiger partial charge in [-0.05, 0) is 36.6 Å². The molecule has 2 amide bonds. The molecule has 110 valence electrons. The summed E-state index contributed by atoms with van der Waals surface area (Å²) in [6.45, 7) is 4.06. The molecule has 0 saturated heterocycles. The standard InChI is InChI=1S/C17H20N2O2/c1-4-13-8-5-7-12(2)16(13)19-17(20)18-14-9-6-10-15(11-14)21-3/h5-11H,4H2,1-3H3,(H2,18,19,20). The summed E-state index contributed by atoms with van der Waals surface area (Å²) in [4.78, 5) is 12.1. The van der Waals surface area contributed by atoms with E-state index in [4.69, 9.17) is 4.74 Å². The van der Waals surface area contributed by atoms with E-state index in [1.165, 1.54) is 0 Å². The summed E-state index contributed by atoms with van der Waals surface area (Å²) in [5.74, 6) is 0.706. The maximum Gasteiger partial charge on any atom is 0.323 e. The summed E-state index contributed by atoms with van der Waals surface area (Å²) in [6.07, 6.45) is 0.871. The number of carbonyl (C=O) groups is 1. The number of rotatable bonds is 4. The Kier molecular flexibility index (Phi) is 4.82. The first-order valence-electron chi connectivity index (χ1n) is 6.94. The minimum absolute atomic E-state index is 0.257. The number of urea groups is 1. The van der Waals surface area contributed by atoms with Gasteiger partial charge in [0.25, 0.3) is 0 Å². The van der Waals surface area contributed by atoms with Crippen LogP contribution >= 0.6 is 0 Å². The van der Waals surface area contributed by atoms with Crippen LogP contribution in [-0.2, 0) is 6.42 Å². The molecule has 0 aromatic heterocycles. The van der Waals surface area contributed by atoms with E-state index in [0.29, 0.717) is 11.4 Å². The highest BCUT2D eigenvalue weighted by Crippen LogP contribution is 2.22. The first-order valence-corrected chi connectivity index (χ1v) is 6.94. The van der Waals surface area contributed by atoms with Crippen LogP contribution in [0.25, 0.3) is 0 Å². The lowest BCUT2D eigenvalue weighted by molar-refractivity contribution is 0.262. The third-order valence-corrected chi connectivity index (χ3v) is 3.31. The van der Waals surface area contributed by atoms with Crippen molar-refractivity contribution >= 4 is 17.4 Å². The molecule has 21 heavy (non-hydrogen) atoms. The lowest BCUT2D eigenvalue weighted by Gasteiger charge is -2.14. The maximum atomic E-state index is 12.1. The average molecular weight is 284 g/mol. The van der Waals surface area contributed by atoms with E-state index >= 15 is 0 Å². The van der Waals surface area contributed by atoms with Gasteiger partial charge in [0.2, 0.25) is 0 Å². The van der Waals surface area contributed by atoms with Crippen LogP contribution in [0.3, 0.4) is 0 Å². The fraction of sp³-hybridized carbons (Fsp3) is 0.235. The molecular weight excluding hydrogens is 264 g/mol. The average Bonchev–Trinajstić information content (AvgIpc) is 2.49. The third kappa shape index (κ3) is 3.75. The number of anilines is 2. The number of benzene rings is 2. The fourth-order valence-corrected chi connectivity index (χ4v) is 2.18. The highest BCUT2D eigenvalue weighted by molar-refractivity contribution is 6.00. The number of amides is 2. The molecule has 2 N–H and O–H groups in total. The first kappa shape index (κ1) is 14.9. The number of para-hydroxylation sites is 1. The topological polar surface area (TPSA) is 50.4 Å². The van der Waals surface area contributed by atoms with E-state index in [9.17, 15) is 4.79 Å². The van der Waals surface area contributed by atoms with E-state index in [1.54, 1.807) is 13.2 Å². The van der Waals surface area contributed by atoms with Crippen LogP contribution in [0.1, 0.15) is 18.1 Å². The Labute approximate surface area is 125 Å². The lowest BCUT2D eigenvalue weighted by atomic mass is 10.1. The zero-order chi connectivity index (χ0) is 15.2. The van der Waals surface area contributed by atoms with Crippen molar-refractivity contribution in [2.45, 2.75) is 20.3 Å².